The largest absolute Gasteiger partial charge is 0.364 e. The summed E-state index contributed by atoms with van der Waals surface area (Å²) in [5.41, 5.74) is 8.57. The van der Waals surface area contributed by atoms with E-state index >= 15 is 0 Å². The average Bonchev–Trinajstić information content (AvgIpc) is 3.16. The van der Waals surface area contributed by atoms with E-state index in [4.69, 9.17) is 5.73 Å². The number of nitrogens with two attached hydrogens (primary N) is 1. The summed E-state index contributed by atoms with van der Waals surface area (Å²) in [6.45, 7) is 5.58. The molecule has 0 aliphatic heterocycles. The number of rotatable bonds is 2. The van der Waals surface area contributed by atoms with Crippen molar-refractivity contribution < 1.29 is 14.4 Å². The highest BCUT2D eigenvalue weighted by molar-refractivity contribution is 6.23. The lowest BCUT2D eigenvalue weighted by Gasteiger charge is -2.13. The standard InChI is InChI=1S/C22H14N4O3.C2H6/c1-10-8-17(27)12-6-7-15(25-19(12)21(10)28)20-18-13(9-16(26-20)22(23)29)11-4-2-3-5-14(11)24-18;1-2/h2-9,24H,1H3,(H2,23,29);1-2H3. The second-order valence-electron chi connectivity index (χ2n) is 6.93. The molecule has 0 fully saturated rings. The summed E-state index contributed by atoms with van der Waals surface area (Å²) in [6.07, 6.45) is 1.31. The number of aromatic amines is 1. The molecule has 5 rings (SSSR count). The van der Waals surface area contributed by atoms with Gasteiger partial charge in [-0.25, -0.2) is 9.97 Å². The number of carbonyl (C=O) groups excluding carboxylic acids is 3. The van der Waals surface area contributed by atoms with Gasteiger partial charge in [-0.2, -0.15) is 0 Å². The molecule has 1 aliphatic carbocycles. The van der Waals surface area contributed by atoms with Gasteiger partial charge in [0.2, 0.25) is 5.78 Å². The fraction of sp³-hybridized carbons (Fsp3) is 0.125. The Kier molecular flexibility index (Phi) is 4.94. The third-order valence-electron chi connectivity index (χ3n) is 5.07. The van der Waals surface area contributed by atoms with Crippen LogP contribution in [-0.2, 0) is 0 Å². The molecule has 0 atom stereocenters. The zero-order chi connectivity index (χ0) is 22.3. The second kappa shape index (κ2) is 7.60. The second-order valence-corrected chi connectivity index (χ2v) is 6.93. The van der Waals surface area contributed by atoms with Crippen molar-refractivity contribution in [2.24, 2.45) is 5.73 Å². The normalized spacial score (nSPS) is 12.9. The first kappa shape index (κ1) is 20.2. The number of pyridine rings is 2. The molecule has 3 N–H and O–H groups in total. The van der Waals surface area contributed by atoms with Crippen LogP contribution in [0, 0.1) is 0 Å². The van der Waals surface area contributed by atoms with Crippen molar-refractivity contribution in [2.45, 2.75) is 20.8 Å². The number of hydrogen-bond acceptors (Lipinski definition) is 5. The van der Waals surface area contributed by atoms with Crippen LogP contribution in [0.25, 0.3) is 33.2 Å². The van der Waals surface area contributed by atoms with Gasteiger partial charge >= 0.3 is 0 Å². The predicted octanol–water partition coefficient (Wildman–Crippen LogP) is 4.23. The van der Waals surface area contributed by atoms with Crippen molar-refractivity contribution in [1.82, 2.24) is 15.0 Å². The van der Waals surface area contributed by atoms with Crippen molar-refractivity contribution in [3.05, 3.63) is 71.1 Å². The summed E-state index contributed by atoms with van der Waals surface area (Å²) in [6, 6.07) is 12.5. The van der Waals surface area contributed by atoms with Crippen molar-refractivity contribution in [1.29, 1.82) is 0 Å². The lowest BCUT2D eigenvalue weighted by Crippen LogP contribution is -2.18. The van der Waals surface area contributed by atoms with Crippen molar-refractivity contribution >= 4 is 39.3 Å². The van der Waals surface area contributed by atoms with E-state index in [1.165, 1.54) is 6.08 Å². The maximum atomic E-state index is 12.5. The van der Waals surface area contributed by atoms with Crippen LogP contribution in [0.5, 0.6) is 0 Å². The summed E-state index contributed by atoms with van der Waals surface area (Å²) in [7, 11) is 0. The van der Waals surface area contributed by atoms with Gasteiger partial charge in [-0.1, -0.05) is 32.0 Å². The number of nitrogens with zero attached hydrogens (tertiary/aromatic N) is 2. The number of ketones is 2. The zero-order valence-corrected chi connectivity index (χ0v) is 17.3. The van der Waals surface area contributed by atoms with Crippen LogP contribution in [0.2, 0.25) is 0 Å². The number of hydrogen-bond donors (Lipinski definition) is 2. The third kappa shape index (κ3) is 3.20. The molecular formula is C24H20N4O3. The number of para-hydroxylation sites is 1. The molecule has 7 nitrogen and oxygen atoms in total. The molecule has 1 amide bonds. The van der Waals surface area contributed by atoms with E-state index in [1.807, 2.05) is 38.1 Å². The first-order valence-corrected chi connectivity index (χ1v) is 9.94. The van der Waals surface area contributed by atoms with E-state index in [1.54, 1.807) is 25.1 Å². The van der Waals surface area contributed by atoms with Gasteiger partial charge in [0.15, 0.2) is 5.78 Å². The number of nitrogens with one attached hydrogen (secondary N) is 1. The van der Waals surface area contributed by atoms with Gasteiger partial charge in [0.1, 0.15) is 17.1 Å². The Morgan fingerprint density at radius 1 is 0.968 bits per heavy atom. The van der Waals surface area contributed by atoms with Crippen molar-refractivity contribution in [3.63, 3.8) is 0 Å². The number of aromatic nitrogens is 3. The van der Waals surface area contributed by atoms with Gasteiger partial charge in [0.25, 0.3) is 5.91 Å². The lowest BCUT2D eigenvalue weighted by atomic mass is 9.94. The molecule has 3 aromatic heterocycles. The van der Waals surface area contributed by atoms with Crippen LogP contribution in [0.15, 0.2) is 54.1 Å². The Labute approximate surface area is 178 Å². The first-order valence-electron chi connectivity index (χ1n) is 9.94. The van der Waals surface area contributed by atoms with E-state index in [0.29, 0.717) is 22.5 Å². The summed E-state index contributed by atoms with van der Waals surface area (Å²) in [4.78, 5) is 48.8. The average molecular weight is 412 g/mol. The molecule has 0 radical (unpaired) electrons. The van der Waals surface area contributed by atoms with E-state index in [0.717, 1.165) is 16.3 Å². The predicted molar refractivity (Wildman–Crippen MR) is 119 cm³/mol. The highest BCUT2D eigenvalue weighted by Crippen LogP contribution is 2.33. The van der Waals surface area contributed by atoms with Crippen molar-refractivity contribution in [2.75, 3.05) is 0 Å². The van der Waals surface area contributed by atoms with E-state index in [-0.39, 0.29) is 28.5 Å². The minimum Gasteiger partial charge on any atom is -0.364 e. The highest BCUT2D eigenvalue weighted by atomic mass is 16.1. The van der Waals surface area contributed by atoms with Crippen LogP contribution in [0.3, 0.4) is 0 Å². The van der Waals surface area contributed by atoms with Gasteiger partial charge in [0, 0.05) is 21.9 Å². The van der Waals surface area contributed by atoms with Crippen LogP contribution >= 0.6 is 0 Å². The third-order valence-corrected chi connectivity index (χ3v) is 5.07. The SMILES string of the molecule is CC.CC1=CC(=O)c2ccc(-c3nc(C(N)=O)cc4c3[nH]c3ccccc34)nc2C1=O. The molecule has 3 heterocycles. The fourth-order valence-corrected chi connectivity index (χ4v) is 3.65. The number of Topliss-reactive ketones (excluding diaryl/α,β-unsaturated/α-hetero) is 1. The van der Waals surface area contributed by atoms with Crippen LogP contribution in [-0.4, -0.2) is 32.4 Å². The molecule has 0 spiro atoms. The maximum Gasteiger partial charge on any atom is 0.267 e. The van der Waals surface area contributed by atoms with Gasteiger partial charge in [-0.3, -0.25) is 14.4 Å². The topological polar surface area (TPSA) is 119 Å². The van der Waals surface area contributed by atoms with Gasteiger partial charge in [0.05, 0.1) is 16.8 Å². The molecular weight excluding hydrogens is 392 g/mol. The van der Waals surface area contributed by atoms with E-state index < -0.39 is 5.91 Å². The smallest absolute Gasteiger partial charge is 0.267 e. The van der Waals surface area contributed by atoms with Gasteiger partial charge < -0.3 is 10.7 Å². The van der Waals surface area contributed by atoms with Crippen LogP contribution < -0.4 is 5.73 Å². The summed E-state index contributed by atoms with van der Waals surface area (Å²) in [5, 5.41) is 1.69. The molecule has 1 aliphatic rings. The molecule has 7 heteroatoms. The van der Waals surface area contributed by atoms with Gasteiger partial charge in [-0.05, 0) is 37.3 Å². The van der Waals surface area contributed by atoms with Gasteiger partial charge in [-0.15, -0.1) is 0 Å². The molecule has 0 saturated heterocycles. The minimum atomic E-state index is -0.665. The number of amides is 1. The van der Waals surface area contributed by atoms with Crippen molar-refractivity contribution in [3.8, 4) is 11.4 Å². The molecule has 1 aromatic carbocycles. The molecule has 0 bridgehead atoms. The summed E-state index contributed by atoms with van der Waals surface area (Å²) >= 11 is 0. The number of carbonyl (C=O) groups is 3. The lowest BCUT2D eigenvalue weighted by molar-refractivity contribution is 0.0980. The van der Waals surface area contributed by atoms with E-state index in [2.05, 4.69) is 15.0 Å². The Morgan fingerprint density at radius 3 is 2.45 bits per heavy atom. The Hall–Kier alpha value is -4.13. The zero-order valence-electron chi connectivity index (χ0n) is 17.3. The number of fused-ring (bicyclic) bond motifs is 4. The van der Waals surface area contributed by atoms with Crippen LogP contribution in [0.4, 0.5) is 0 Å². The quantitative estimate of drug-likeness (QED) is 0.511. The summed E-state index contributed by atoms with van der Waals surface area (Å²) < 4.78 is 0. The Morgan fingerprint density at radius 2 is 1.71 bits per heavy atom. The highest BCUT2D eigenvalue weighted by Gasteiger charge is 2.26. The number of allylic oxidation sites excluding steroid dienone is 2. The fourth-order valence-electron chi connectivity index (χ4n) is 3.65. The molecule has 154 valence electrons. The van der Waals surface area contributed by atoms with E-state index in [9.17, 15) is 14.4 Å². The minimum absolute atomic E-state index is 0.0861. The molecule has 4 aromatic rings. The summed E-state index contributed by atoms with van der Waals surface area (Å²) in [5.74, 6) is -1.23. The number of H-pyrrole nitrogens is 1. The number of primary amides is 1. The monoisotopic (exact) mass is 412 g/mol. The Bertz CT molecular complexity index is 1430. The molecule has 0 unspecified atom stereocenters. The number of benzene rings is 1. The Balaban J connectivity index is 0.00000112. The molecule has 0 saturated carbocycles. The molecule has 31 heavy (non-hydrogen) atoms. The van der Waals surface area contributed by atoms with Crippen LogP contribution in [0.1, 0.15) is 52.1 Å². The maximum absolute atomic E-state index is 12.5. The first-order chi connectivity index (χ1) is 14.9.